The molecule has 0 aliphatic carbocycles. The number of halogens is 3. The molecule has 0 amide bonds. The summed E-state index contributed by atoms with van der Waals surface area (Å²) in [6.07, 6.45) is -4.39. The Hall–Kier alpha value is -2.14. The van der Waals surface area contributed by atoms with Gasteiger partial charge in [-0.25, -0.2) is 0 Å². The van der Waals surface area contributed by atoms with Crippen LogP contribution >= 0.6 is 11.3 Å². The van der Waals surface area contributed by atoms with Gasteiger partial charge in [0, 0.05) is 26.6 Å². The van der Waals surface area contributed by atoms with E-state index < -0.39 is 11.7 Å². The first-order valence-electron chi connectivity index (χ1n) is 6.15. The van der Waals surface area contributed by atoms with Gasteiger partial charge in [0.05, 0.1) is 5.56 Å². The average Bonchev–Trinajstić information content (AvgIpc) is 2.90. The van der Waals surface area contributed by atoms with E-state index in [-0.39, 0.29) is 11.3 Å². The Labute approximate surface area is 122 Å². The number of carbonyl (C=O) groups excluding carboxylic acids is 1. The summed E-state index contributed by atoms with van der Waals surface area (Å²) in [6, 6.07) is 11.8. The number of carbonyl (C=O) groups is 1. The van der Waals surface area contributed by atoms with E-state index in [4.69, 9.17) is 0 Å². The van der Waals surface area contributed by atoms with Gasteiger partial charge in [-0.2, -0.15) is 13.2 Å². The van der Waals surface area contributed by atoms with Crippen molar-refractivity contribution < 1.29 is 18.0 Å². The second-order valence-corrected chi connectivity index (χ2v) is 5.46. The lowest BCUT2D eigenvalue weighted by atomic mass is 10.0. The van der Waals surface area contributed by atoms with Crippen LogP contribution in [0.5, 0.6) is 0 Å². The van der Waals surface area contributed by atoms with E-state index in [0.717, 1.165) is 22.2 Å². The number of hydrogen-bond donors (Lipinski definition) is 0. The van der Waals surface area contributed by atoms with Gasteiger partial charge in [-0.15, -0.1) is 11.3 Å². The Balaban J connectivity index is 1.99. The standard InChI is InChI=1S/C16H9F3OS/c17-16(18,19)11-7-5-10(6-8-11)15(20)13-9-21-14-4-2-1-3-12(13)14/h1-9H. The molecular weight excluding hydrogens is 297 g/mol. The lowest BCUT2D eigenvalue weighted by Gasteiger charge is -2.07. The first-order chi connectivity index (χ1) is 9.97. The predicted molar refractivity (Wildman–Crippen MR) is 76.7 cm³/mol. The van der Waals surface area contributed by atoms with Crippen LogP contribution in [-0.2, 0) is 6.18 Å². The van der Waals surface area contributed by atoms with Crippen LogP contribution in [-0.4, -0.2) is 5.78 Å². The van der Waals surface area contributed by atoms with Crippen molar-refractivity contribution in [3.05, 3.63) is 70.6 Å². The highest BCUT2D eigenvalue weighted by atomic mass is 32.1. The maximum Gasteiger partial charge on any atom is 0.416 e. The van der Waals surface area contributed by atoms with Crippen molar-refractivity contribution in [3.8, 4) is 0 Å². The third-order valence-corrected chi connectivity index (χ3v) is 4.16. The normalized spacial score (nSPS) is 11.8. The maximum absolute atomic E-state index is 12.5. The first kappa shape index (κ1) is 13.8. The molecule has 0 saturated heterocycles. The van der Waals surface area contributed by atoms with E-state index in [2.05, 4.69) is 0 Å². The lowest BCUT2D eigenvalue weighted by molar-refractivity contribution is -0.137. The van der Waals surface area contributed by atoms with Crippen molar-refractivity contribution in [1.29, 1.82) is 0 Å². The van der Waals surface area contributed by atoms with E-state index in [1.54, 1.807) is 5.38 Å². The summed E-state index contributed by atoms with van der Waals surface area (Å²) in [7, 11) is 0. The number of thiophene rings is 1. The van der Waals surface area contributed by atoms with Gasteiger partial charge in [0.15, 0.2) is 5.78 Å². The van der Waals surface area contributed by atoms with E-state index >= 15 is 0 Å². The maximum atomic E-state index is 12.5. The minimum atomic E-state index is -4.39. The molecule has 0 bridgehead atoms. The molecule has 0 radical (unpaired) electrons. The highest BCUT2D eigenvalue weighted by Gasteiger charge is 2.30. The zero-order valence-corrected chi connectivity index (χ0v) is 11.5. The van der Waals surface area contributed by atoms with E-state index in [1.807, 2.05) is 24.3 Å². The summed E-state index contributed by atoms with van der Waals surface area (Å²) in [5, 5.41) is 2.57. The van der Waals surface area contributed by atoms with Crippen LogP contribution in [0.15, 0.2) is 53.9 Å². The molecule has 0 saturated carbocycles. The summed E-state index contributed by atoms with van der Waals surface area (Å²) in [6.45, 7) is 0. The molecule has 0 aliphatic rings. The van der Waals surface area contributed by atoms with Gasteiger partial charge in [-0.05, 0) is 18.2 Å². The second kappa shape index (κ2) is 5.00. The van der Waals surface area contributed by atoms with Crippen LogP contribution in [0, 0.1) is 0 Å². The third kappa shape index (κ3) is 2.56. The Morgan fingerprint density at radius 2 is 1.62 bits per heavy atom. The molecule has 2 aromatic carbocycles. The summed E-state index contributed by atoms with van der Waals surface area (Å²) in [5.41, 5.74) is 0.0242. The summed E-state index contributed by atoms with van der Waals surface area (Å²) in [4.78, 5) is 12.4. The Kier molecular flexibility index (Phi) is 3.29. The number of ketones is 1. The Morgan fingerprint density at radius 3 is 2.29 bits per heavy atom. The molecule has 21 heavy (non-hydrogen) atoms. The fraction of sp³-hybridized carbons (Fsp3) is 0.0625. The molecule has 1 nitrogen and oxygen atoms in total. The third-order valence-electron chi connectivity index (χ3n) is 3.20. The molecule has 0 unspecified atom stereocenters. The van der Waals surface area contributed by atoms with Crippen LogP contribution in [0.3, 0.4) is 0 Å². The lowest BCUT2D eigenvalue weighted by Crippen LogP contribution is -2.06. The second-order valence-electron chi connectivity index (χ2n) is 4.55. The number of rotatable bonds is 2. The number of hydrogen-bond acceptors (Lipinski definition) is 2. The summed E-state index contributed by atoms with van der Waals surface area (Å²) >= 11 is 1.44. The highest BCUT2D eigenvalue weighted by molar-refractivity contribution is 7.17. The Bertz CT molecular complexity index is 800. The van der Waals surface area contributed by atoms with Gasteiger partial charge in [0.1, 0.15) is 0 Å². The van der Waals surface area contributed by atoms with Crippen molar-refractivity contribution in [2.45, 2.75) is 6.18 Å². The summed E-state index contributed by atoms with van der Waals surface area (Å²) < 4.78 is 38.5. The van der Waals surface area contributed by atoms with E-state index in [0.29, 0.717) is 5.56 Å². The minimum absolute atomic E-state index is 0.256. The van der Waals surface area contributed by atoms with E-state index in [1.165, 1.54) is 23.5 Å². The summed E-state index contributed by atoms with van der Waals surface area (Å²) in [5.74, 6) is -0.263. The average molecular weight is 306 g/mol. The molecule has 5 heteroatoms. The molecular formula is C16H9F3OS. The van der Waals surface area contributed by atoms with Gasteiger partial charge >= 0.3 is 6.18 Å². The van der Waals surface area contributed by atoms with Gasteiger partial charge in [-0.3, -0.25) is 4.79 Å². The number of alkyl halides is 3. The van der Waals surface area contributed by atoms with Gasteiger partial charge in [0.2, 0.25) is 0 Å². The molecule has 1 heterocycles. The number of fused-ring (bicyclic) bond motifs is 1. The fourth-order valence-electron chi connectivity index (χ4n) is 2.12. The van der Waals surface area contributed by atoms with Crippen LogP contribution in [0.25, 0.3) is 10.1 Å². The molecule has 3 aromatic rings. The van der Waals surface area contributed by atoms with E-state index in [9.17, 15) is 18.0 Å². The minimum Gasteiger partial charge on any atom is -0.289 e. The predicted octanol–water partition coefficient (Wildman–Crippen LogP) is 5.15. The molecule has 0 fully saturated rings. The smallest absolute Gasteiger partial charge is 0.289 e. The van der Waals surface area contributed by atoms with Crippen LogP contribution in [0.4, 0.5) is 13.2 Å². The molecule has 1 aromatic heterocycles. The van der Waals surface area contributed by atoms with Crippen molar-refractivity contribution in [3.63, 3.8) is 0 Å². The van der Waals surface area contributed by atoms with Crippen molar-refractivity contribution in [2.75, 3.05) is 0 Å². The van der Waals surface area contributed by atoms with Crippen LogP contribution in [0.2, 0.25) is 0 Å². The fourth-order valence-corrected chi connectivity index (χ4v) is 3.06. The molecule has 0 atom stereocenters. The molecule has 0 N–H and O–H groups in total. The number of benzene rings is 2. The van der Waals surface area contributed by atoms with Crippen molar-refractivity contribution in [1.82, 2.24) is 0 Å². The van der Waals surface area contributed by atoms with Gasteiger partial charge < -0.3 is 0 Å². The van der Waals surface area contributed by atoms with Crippen molar-refractivity contribution in [2.24, 2.45) is 0 Å². The Morgan fingerprint density at radius 1 is 0.952 bits per heavy atom. The molecule has 106 valence electrons. The SMILES string of the molecule is O=C(c1ccc(C(F)(F)F)cc1)c1csc2ccccc12. The zero-order chi connectivity index (χ0) is 15.0. The quantitative estimate of drug-likeness (QED) is 0.598. The molecule has 0 aliphatic heterocycles. The van der Waals surface area contributed by atoms with Gasteiger partial charge in [0.25, 0.3) is 0 Å². The van der Waals surface area contributed by atoms with Crippen molar-refractivity contribution >= 4 is 27.2 Å². The first-order valence-corrected chi connectivity index (χ1v) is 7.03. The monoisotopic (exact) mass is 306 g/mol. The zero-order valence-electron chi connectivity index (χ0n) is 10.6. The van der Waals surface area contributed by atoms with Gasteiger partial charge in [-0.1, -0.05) is 30.3 Å². The largest absolute Gasteiger partial charge is 0.416 e. The molecule has 3 rings (SSSR count). The van der Waals surface area contributed by atoms with Crippen LogP contribution < -0.4 is 0 Å². The highest BCUT2D eigenvalue weighted by Crippen LogP contribution is 2.31. The van der Waals surface area contributed by atoms with Crippen LogP contribution in [0.1, 0.15) is 21.5 Å². The molecule has 0 spiro atoms. The topological polar surface area (TPSA) is 17.1 Å².